The number of aliphatic hydroxyl groups excluding tert-OH is 2. The van der Waals surface area contributed by atoms with Gasteiger partial charge in [0.15, 0.2) is 0 Å². The molecular weight excluding hydrogens is 695 g/mol. The molecule has 0 aromatic heterocycles. The van der Waals surface area contributed by atoms with Crippen LogP contribution in [0.1, 0.15) is 0 Å². The van der Waals surface area contributed by atoms with Gasteiger partial charge in [-0.1, -0.05) is 23.5 Å². The maximum Gasteiger partial charge on any atom is 0.119 e. The highest BCUT2D eigenvalue weighted by atomic mass is 35.5. The minimum absolute atomic E-state index is 0.151. The van der Waals surface area contributed by atoms with Crippen molar-refractivity contribution in [1.29, 1.82) is 0 Å². The van der Waals surface area contributed by atoms with Crippen LogP contribution in [0.4, 0.5) is 0 Å². The molecule has 256 valence electrons. The number of hydrogen-bond acceptors (Lipinski definition) is 10. The first-order valence-corrected chi connectivity index (χ1v) is 18.1. The lowest BCUT2D eigenvalue weighted by atomic mass is 10.3. The lowest BCUT2D eigenvalue weighted by Crippen LogP contribution is -2.18. The Bertz CT molecular complexity index is 1370. The van der Waals surface area contributed by atoms with Gasteiger partial charge in [-0.3, -0.25) is 0 Å². The molecule has 6 rings (SSSR count). The van der Waals surface area contributed by atoms with E-state index in [1.807, 2.05) is 72.8 Å². The Hall–Kier alpha value is -2.80. The van der Waals surface area contributed by atoms with Crippen molar-refractivity contribution < 1.29 is 38.6 Å². The molecule has 0 spiro atoms. The van der Waals surface area contributed by atoms with Crippen LogP contribution in [0.25, 0.3) is 0 Å². The van der Waals surface area contributed by atoms with Crippen LogP contribution in [-0.2, 0) is 9.47 Å². The second-order valence-electron chi connectivity index (χ2n) is 10.9. The molecule has 2 N–H and O–H groups in total. The first-order chi connectivity index (χ1) is 23.4. The summed E-state index contributed by atoms with van der Waals surface area (Å²) >= 11 is 14.4. The molecule has 0 radical (unpaired) electrons. The fourth-order valence-corrected chi connectivity index (χ4v) is 5.68. The number of halogens is 2. The third kappa shape index (κ3) is 13.6. The van der Waals surface area contributed by atoms with Gasteiger partial charge >= 0.3 is 0 Å². The number of ether oxygens (including phenoxy) is 6. The van der Waals surface area contributed by atoms with Crippen molar-refractivity contribution in [2.75, 3.05) is 51.4 Å². The number of benzene rings is 4. The van der Waals surface area contributed by atoms with E-state index in [0.29, 0.717) is 24.7 Å². The topological polar surface area (TPSA) is 102 Å². The zero-order chi connectivity index (χ0) is 33.6. The van der Waals surface area contributed by atoms with Crippen molar-refractivity contribution in [1.82, 2.24) is 0 Å². The highest BCUT2D eigenvalue weighted by Gasteiger charge is 2.23. The van der Waals surface area contributed by atoms with Crippen LogP contribution in [0.5, 0.6) is 23.0 Å². The molecule has 4 atom stereocenters. The molecular formula is C36H38Cl2O8S2. The monoisotopic (exact) mass is 732 g/mol. The van der Waals surface area contributed by atoms with Crippen molar-refractivity contribution >= 4 is 46.7 Å². The first kappa shape index (κ1) is 36.5. The van der Waals surface area contributed by atoms with Gasteiger partial charge in [0.2, 0.25) is 0 Å². The van der Waals surface area contributed by atoms with E-state index in [0.717, 1.165) is 34.5 Å². The van der Waals surface area contributed by atoms with Crippen LogP contribution >= 0.6 is 46.7 Å². The van der Waals surface area contributed by atoms with Gasteiger partial charge in [-0.05, 0) is 97.1 Å². The van der Waals surface area contributed by atoms with Gasteiger partial charge in [0.05, 0.1) is 25.0 Å². The summed E-state index contributed by atoms with van der Waals surface area (Å²) in [6.07, 6.45) is -0.753. The molecule has 2 aliphatic rings. The van der Waals surface area contributed by atoms with E-state index in [4.69, 9.17) is 51.6 Å². The predicted molar refractivity (Wildman–Crippen MR) is 189 cm³/mol. The minimum atomic E-state index is -0.665. The second kappa shape index (κ2) is 19.4. The molecule has 4 unspecified atom stereocenters. The third-order valence-corrected chi connectivity index (χ3v) is 9.43. The van der Waals surface area contributed by atoms with Crippen molar-refractivity contribution in [3.05, 3.63) is 97.1 Å². The molecule has 4 aromatic carbocycles. The Morgan fingerprint density at radius 3 is 1.04 bits per heavy atom. The molecule has 2 heterocycles. The smallest absolute Gasteiger partial charge is 0.119 e. The van der Waals surface area contributed by atoms with Crippen molar-refractivity contribution in [3.8, 4) is 23.0 Å². The molecule has 0 aliphatic carbocycles. The maximum atomic E-state index is 9.38. The molecule has 0 saturated carbocycles. The maximum absolute atomic E-state index is 9.38. The largest absolute Gasteiger partial charge is 0.491 e. The zero-order valence-electron chi connectivity index (χ0n) is 26.1. The summed E-state index contributed by atoms with van der Waals surface area (Å²) in [7, 11) is 0. The van der Waals surface area contributed by atoms with E-state index >= 15 is 0 Å². The van der Waals surface area contributed by atoms with E-state index in [1.54, 1.807) is 23.5 Å². The molecule has 12 heteroatoms. The average Bonchev–Trinajstić information content (AvgIpc) is 4.07. The Kier molecular flexibility index (Phi) is 14.7. The summed E-state index contributed by atoms with van der Waals surface area (Å²) in [5.74, 6) is 3.45. The molecule has 4 aromatic rings. The number of aliphatic hydroxyl groups is 2. The fraction of sp³-hybridized carbons (Fsp3) is 0.333. The summed E-state index contributed by atoms with van der Waals surface area (Å²) < 4.78 is 32.4. The minimum Gasteiger partial charge on any atom is -0.491 e. The summed E-state index contributed by atoms with van der Waals surface area (Å²) in [6.45, 7) is 3.27. The van der Waals surface area contributed by atoms with Gasteiger partial charge in [0.25, 0.3) is 0 Å². The molecule has 0 bridgehead atoms. The summed E-state index contributed by atoms with van der Waals surface area (Å²) in [6, 6.07) is 31.5. The Morgan fingerprint density at radius 1 is 0.521 bits per heavy atom. The normalized spacial score (nSPS) is 17.3. The van der Waals surface area contributed by atoms with Crippen LogP contribution in [0.15, 0.2) is 117 Å². The van der Waals surface area contributed by atoms with Crippen molar-refractivity contribution in [3.63, 3.8) is 0 Å². The highest BCUT2D eigenvalue weighted by Crippen LogP contribution is 2.32. The van der Waals surface area contributed by atoms with E-state index in [2.05, 4.69) is 24.3 Å². The van der Waals surface area contributed by atoms with Crippen LogP contribution in [0, 0.1) is 0 Å². The average molecular weight is 734 g/mol. The van der Waals surface area contributed by atoms with E-state index in [1.165, 1.54) is 9.79 Å². The van der Waals surface area contributed by atoms with Crippen LogP contribution in [-0.4, -0.2) is 86.0 Å². The van der Waals surface area contributed by atoms with Gasteiger partial charge in [0.1, 0.15) is 73.8 Å². The molecule has 2 fully saturated rings. The third-order valence-electron chi connectivity index (χ3n) is 6.68. The Morgan fingerprint density at radius 2 is 0.792 bits per heavy atom. The van der Waals surface area contributed by atoms with E-state index in [9.17, 15) is 10.2 Å². The molecule has 2 aliphatic heterocycles. The standard InChI is InChI=1S/C18H20Cl2O4S.C18H18O4S/c19-9-13(21)11-23-15-1-5-17(6-2-15)25-18-7-3-16(4-8-18)24-12-14(22)10-20;1-5-17(6-2-13(1)19-9-15-11-21-15)23-18-7-3-14(4-8-18)20-10-16-12-22-16/h1-8,13-14,21-22H,9-12H2;1-8,15-16H,9-12H2. The number of epoxide rings is 2. The molecule has 0 amide bonds. The number of alkyl halides is 2. The number of rotatable bonds is 18. The SMILES string of the molecule is OC(CCl)COc1ccc(Sc2ccc(OCC(O)CCl)cc2)cc1.c1cc(Sc2ccc(OCC3CO3)cc2)ccc1OCC1CO1. The summed E-state index contributed by atoms with van der Waals surface area (Å²) in [5, 5.41) is 18.8. The first-order valence-electron chi connectivity index (χ1n) is 15.4. The lowest BCUT2D eigenvalue weighted by molar-refractivity contribution is 0.125. The number of hydrogen-bond donors (Lipinski definition) is 2. The van der Waals surface area contributed by atoms with Crippen LogP contribution in [0.3, 0.4) is 0 Å². The van der Waals surface area contributed by atoms with Gasteiger partial charge in [-0.15, -0.1) is 23.2 Å². The van der Waals surface area contributed by atoms with Gasteiger partial charge in [0, 0.05) is 19.6 Å². The molecule has 8 nitrogen and oxygen atoms in total. The van der Waals surface area contributed by atoms with E-state index < -0.39 is 12.2 Å². The Balaban J connectivity index is 0.000000188. The molecule has 2 saturated heterocycles. The fourth-order valence-electron chi connectivity index (χ4n) is 3.87. The Labute approximate surface area is 299 Å². The van der Waals surface area contributed by atoms with Gasteiger partial charge in [-0.25, -0.2) is 0 Å². The van der Waals surface area contributed by atoms with Crippen molar-refractivity contribution in [2.45, 2.75) is 44.0 Å². The highest BCUT2D eigenvalue weighted by molar-refractivity contribution is 7.99. The van der Waals surface area contributed by atoms with E-state index in [-0.39, 0.29) is 37.2 Å². The van der Waals surface area contributed by atoms with Gasteiger partial charge < -0.3 is 38.6 Å². The lowest BCUT2D eigenvalue weighted by Gasteiger charge is -2.11. The van der Waals surface area contributed by atoms with Crippen molar-refractivity contribution in [2.24, 2.45) is 0 Å². The van der Waals surface area contributed by atoms with Gasteiger partial charge in [-0.2, -0.15) is 0 Å². The second-order valence-corrected chi connectivity index (χ2v) is 13.8. The summed E-state index contributed by atoms with van der Waals surface area (Å²) in [5.41, 5.74) is 0. The van der Waals surface area contributed by atoms with Crippen LogP contribution in [0.2, 0.25) is 0 Å². The quantitative estimate of drug-likeness (QED) is 0.0808. The predicted octanol–water partition coefficient (Wildman–Crippen LogP) is 7.19. The molecule has 48 heavy (non-hydrogen) atoms. The van der Waals surface area contributed by atoms with Crippen LogP contribution < -0.4 is 18.9 Å². The zero-order valence-corrected chi connectivity index (χ0v) is 29.3. The summed E-state index contributed by atoms with van der Waals surface area (Å²) in [4.78, 5) is 4.49.